The first-order valence-electron chi connectivity index (χ1n) is 4.47. The van der Waals surface area contributed by atoms with Crippen LogP contribution in [0.2, 0.25) is 0 Å². The highest BCUT2D eigenvalue weighted by Gasteiger charge is 2.09. The van der Waals surface area contributed by atoms with Gasteiger partial charge in [0.1, 0.15) is 5.01 Å². The average Bonchev–Trinajstić information content (AvgIpc) is 2.52. The molecular weight excluding hydrogens is 216 g/mol. The minimum Gasteiger partial charge on any atom is -0.241 e. The fourth-order valence-electron chi connectivity index (χ4n) is 1.23. The Hall–Kier alpha value is -1.29. The molecule has 1 aromatic heterocycles. The maximum atomic E-state index is 13.0. The lowest BCUT2D eigenvalue weighted by Crippen LogP contribution is -1.84. The van der Waals surface area contributed by atoms with Gasteiger partial charge in [0.2, 0.25) is 0 Å². The molecule has 2 rings (SSSR count). The van der Waals surface area contributed by atoms with Crippen LogP contribution in [0.5, 0.6) is 0 Å². The largest absolute Gasteiger partial charge is 0.241 e. The van der Waals surface area contributed by atoms with Crippen LogP contribution < -0.4 is 0 Å². The van der Waals surface area contributed by atoms with E-state index in [1.807, 2.05) is 13.8 Å². The van der Waals surface area contributed by atoms with Crippen molar-refractivity contribution >= 4 is 11.3 Å². The van der Waals surface area contributed by atoms with Gasteiger partial charge in [-0.05, 0) is 32.0 Å². The zero-order valence-corrected chi connectivity index (χ0v) is 9.16. The van der Waals surface area contributed by atoms with Crippen molar-refractivity contribution in [1.29, 1.82) is 0 Å². The van der Waals surface area contributed by atoms with Crippen LogP contribution in [0.4, 0.5) is 8.78 Å². The number of rotatable bonds is 1. The van der Waals surface area contributed by atoms with E-state index in [1.165, 1.54) is 23.5 Å². The van der Waals surface area contributed by atoms with Gasteiger partial charge in [-0.2, -0.15) is 0 Å². The third-order valence-electron chi connectivity index (χ3n) is 2.20. The molecule has 4 heteroatoms. The number of hydrogen-bond donors (Lipinski definition) is 0. The standard InChI is InChI=1S/C11H9F2NS/c1-6-7(2)15-11(14-6)8-3-4-9(12)10(13)5-8/h3-5H,1-2H3. The second-order valence-electron chi connectivity index (χ2n) is 3.29. The Labute approximate surface area is 90.4 Å². The van der Waals surface area contributed by atoms with E-state index in [2.05, 4.69) is 4.98 Å². The molecule has 1 heterocycles. The first-order valence-corrected chi connectivity index (χ1v) is 5.29. The average molecular weight is 225 g/mol. The van der Waals surface area contributed by atoms with Crippen LogP contribution in [0, 0.1) is 25.5 Å². The number of aromatic nitrogens is 1. The number of hydrogen-bond acceptors (Lipinski definition) is 2. The molecule has 2 aromatic rings. The fourth-order valence-corrected chi connectivity index (χ4v) is 2.14. The number of aryl methyl sites for hydroxylation is 2. The Morgan fingerprint density at radius 3 is 2.40 bits per heavy atom. The highest BCUT2D eigenvalue weighted by atomic mass is 32.1. The number of halogens is 2. The van der Waals surface area contributed by atoms with E-state index in [1.54, 1.807) is 0 Å². The van der Waals surface area contributed by atoms with Crippen molar-refractivity contribution in [3.8, 4) is 10.6 Å². The van der Waals surface area contributed by atoms with Crippen LogP contribution in [0.1, 0.15) is 10.6 Å². The summed E-state index contributed by atoms with van der Waals surface area (Å²) >= 11 is 1.48. The van der Waals surface area contributed by atoms with Gasteiger partial charge in [-0.1, -0.05) is 0 Å². The molecule has 0 fully saturated rings. The maximum absolute atomic E-state index is 13.0. The Bertz CT molecular complexity index is 486. The van der Waals surface area contributed by atoms with Gasteiger partial charge in [0.25, 0.3) is 0 Å². The molecule has 15 heavy (non-hydrogen) atoms. The van der Waals surface area contributed by atoms with E-state index in [0.717, 1.165) is 21.6 Å². The summed E-state index contributed by atoms with van der Waals surface area (Å²) in [6, 6.07) is 3.83. The summed E-state index contributed by atoms with van der Waals surface area (Å²) in [5.41, 5.74) is 1.55. The van der Waals surface area contributed by atoms with Gasteiger partial charge >= 0.3 is 0 Å². The summed E-state index contributed by atoms with van der Waals surface area (Å²) in [6.45, 7) is 3.85. The molecule has 0 aliphatic rings. The minimum absolute atomic E-state index is 0.620. The van der Waals surface area contributed by atoms with E-state index < -0.39 is 11.6 Å². The maximum Gasteiger partial charge on any atom is 0.159 e. The lowest BCUT2D eigenvalue weighted by atomic mass is 10.2. The highest BCUT2D eigenvalue weighted by Crippen LogP contribution is 2.27. The third kappa shape index (κ3) is 1.90. The Morgan fingerprint density at radius 1 is 1.13 bits per heavy atom. The summed E-state index contributed by atoms with van der Waals surface area (Å²) in [5, 5.41) is 0.726. The van der Waals surface area contributed by atoms with Gasteiger partial charge < -0.3 is 0 Å². The van der Waals surface area contributed by atoms with Crippen molar-refractivity contribution in [2.45, 2.75) is 13.8 Å². The van der Waals surface area contributed by atoms with E-state index in [9.17, 15) is 8.78 Å². The first kappa shape index (κ1) is 10.2. The van der Waals surface area contributed by atoms with Crippen LogP contribution in [0.25, 0.3) is 10.6 Å². The van der Waals surface area contributed by atoms with Crippen LogP contribution in [0.15, 0.2) is 18.2 Å². The molecule has 0 saturated heterocycles. The van der Waals surface area contributed by atoms with Crippen molar-refractivity contribution in [2.24, 2.45) is 0 Å². The predicted molar refractivity (Wildman–Crippen MR) is 56.9 cm³/mol. The minimum atomic E-state index is -0.835. The van der Waals surface area contributed by atoms with E-state index in [0.29, 0.717) is 5.56 Å². The summed E-state index contributed by atoms with van der Waals surface area (Å²) in [6.07, 6.45) is 0. The normalized spacial score (nSPS) is 10.7. The molecule has 0 aliphatic carbocycles. The Balaban J connectivity index is 2.49. The summed E-state index contributed by atoms with van der Waals surface area (Å²) in [4.78, 5) is 5.37. The molecule has 0 saturated carbocycles. The molecular formula is C11H9F2NS. The molecule has 0 bridgehead atoms. The van der Waals surface area contributed by atoms with Gasteiger partial charge in [0, 0.05) is 10.4 Å². The highest BCUT2D eigenvalue weighted by molar-refractivity contribution is 7.15. The zero-order chi connectivity index (χ0) is 11.0. The Morgan fingerprint density at radius 2 is 1.87 bits per heavy atom. The molecule has 1 nitrogen and oxygen atoms in total. The molecule has 0 spiro atoms. The van der Waals surface area contributed by atoms with Crippen molar-refractivity contribution < 1.29 is 8.78 Å². The summed E-state index contributed by atoms with van der Waals surface area (Å²) in [5.74, 6) is -1.67. The molecule has 78 valence electrons. The molecule has 0 atom stereocenters. The zero-order valence-electron chi connectivity index (χ0n) is 8.34. The summed E-state index contributed by atoms with van der Waals surface area (Å²) < 4.78 is 25.7. The molecule has 0 aliphatic heterocycles. The molecule has 0 amide bonds. The van der Waals surface area contributed by atoms with Crippen LogP contribution in [-0.2, 0) is 0 Å². The summed E-state index contributed by atoms with van der Waals surface area (Å²) in [7, 11) is 0. The van der Waals surface area contributed by atoms with Gasteiger partial charge in [0.15, 0.2) is 11.6 Å². The second-order valence-corrected chi connectivity index (χ2v) is 4.49. The predicted octanol–water partition coefficient (Wildman–Crippen LogP) is 3.71. The lowest BCUT2D eigenvalue weighted by molar-refractivity contribution is 0.509. The quantitative estimate of drug-likeness (QED) is 0.721. The van der Waals surface area contributed by atoms with E-state index in [-0.39, 0.29) is 0 Å². The SMILES string of the molecule is Cc1nc(-c2ccc(F)c(F)c2)sc1C. The molecule has 0 N–H and O–H groups in total. The van der Waals surface area contributed by atoms with Crippen molar-refractivity contribution in [2.75, 3.05) is 0 Å². The van der Waals surface area contributed by atoms with Crippen LogP contribution in [-0.4, -0.2) is 4.98 Å². The van der Waals surface area contributed by atoms with Gasteiger partial charge in [-0.25, -0.2) is 13.8 Å². The lowest BCUT2D eigenvalue weighted by Gasteiger charge is -1.96. The van der Waals surface area contributed by atoms with Crippen molar-refractivity contribution in [1.82, 2.24) is 4.98 Å². The fraction of sp³-hybridized carbons (Fsp3) is 0.182. The van der Waals surface area contributed by atoms with Gasteiger partial charge in [-0.15, -0.1) is 11.3 Å². The number of benzene rings is 1. The molecule has 0 radical (unpaired) electrons. The van der Waals surface area contributed by atoms with Crippen LogP contribution >= 0.6 is 11.3 Å². The molecule has 0 unspecified atom stereocenters. The van der Waals surface area contributed by atoms with Gasteiger partial charge in [0.05, 0.1) is 5.69 Å². The number of thiazole rings is 1. The topological polar surface area (TPSA) is 12.9 Å². The monoisotopic (exact) mass is 225 g/mol. The third-order valence-corrected chi connectivity index (χ3v) is 3.32. The van der Waals surface area contributed by atoms with E-state index in [4.69, 9.17) is 0 Å². The van der Waals surface area contributed by atoms with Gasteiger partial charge in [-0.3, -0.25) is 0 Å². The van der Waals surface area contributed by atoms with E-state index >= 15 is 0 Å². The van der Waals surface area contributed by atoms with Crippen LogP contribution in [0.3, 0.4) is 0 Å². The Kier molecular flexibility index (Phi) is 2.52. The first-order chi connectivity index (χ1) is 7.08. The van der Waals surface area contributed by atoms with Crippen molar-refractivity contribution in [3.05, 3.63) is 40.4 Å². The number of nitrogens with zero attached hydrogens (tertiary/aromatic N) is 1. The molecule has 1 aromatic carbocycles. The second kappa shape index (κ2) is 3.70. The smallest absolute Gasteiger partial charge is 0.159 e. The van der Waals surface area contributed by atoms with Crippen molar-refractivity contribution in [3.63, 3.8) is 0 Å².